The van der Waals surface area contributed by atoms with Gasteiger partial charge >= 0.3 is 6.03 Å². The number of nitrogens with zero attached hydrogens (tertiary/aromatic N) is 4. The first kappa shape index (κ1) is 32.1. The number of hydrogen-bond acceptors (Lipinski definition) is 6. The van der Waals surface area contributed by atoms with Gasteiger partial charge in [-0.15, -0.1) is 11.3 Å². The number of likely N-dealkylation sites (tertiary alicyclic amines) is 3. The van der Waals surface area contributed by atoms with Gasteiger partial charge in [-0.05, 0) is 112 Å². The van der Waals surface area contributed by atoms with Crippen molar-refractivity contribution in [3.63, 3.8) is 0 Å². The van der Waals surface area contributed by atoms with Gasteiger partial charge < -0.3 is 25.3 Å². The molecular weight excluding hydrogens is 608 g/mol. The van der Waals surface area contributed by atoms with Crippen LogP contribution in [0.5, 0.6) is 0 Å². The number of nitrogens with two attached hydrogens (primary N) is 1. The van der Waals surface area contributed by atoms with E-state index in [2.05, 4.69) is 23.3 Å². The van der Waals surface area contributed by atoms with Gasteiger partial charge in [-0.3, -0.25) is 14.9 Å². The predicted molar refractivity (Wildman–Crippen MR) is 180 cm³/mol. The lowest BCUT2D eigenvalue weighted by Crippen LogP contribution is -2.51. The number of anilines is 2. The predicted octanol–water partition coefficient (Wildman–Crippen LogP) is 5.46. The molecule has 0 saturated carbocycles. The van der Waals surface area contributed by atoms with Crippen molar-refractivity contribution in [3.8, 4) is 0 Å². The number of halogens is 1. The highest BCUT2D eigenvalue weighted by molar-refractivity contribution is 7.14. The summed E-state index contributed by atoms with van der Waals surface area (Å²) < 4.78 is 0. The topological polar surface area (TPSA) is 102 Å². The van der Waals surface area contributed by atoms with Gasteiger partial charge in [0.1, 0.15) is 5.00 Å². The van der Waals surface area contributed by atoms with Gasteiger partial charge in [0.25, 0.3) is 0 Å². The molecule has 6 rings (SSSR count). The Morgan fingerprint density at radius 1 is 1.00 bits per heavy atom. The molecule has 0 bridgehead atoms. The number of fused-ring (bicyclic) bond motifs is 1. The maximum absolute atomic E-state index is 14.1. The van der Waals surface area contributed by atoms with Gasteiger partial charge in [0.15, 0.2) is 0 Å². The molecule has 4 amide bonds. The van der Waals surface area contributed by atoms with Crippen molar-refractivity contribution in [2.24, 2.45) is 17.8 Å². The number of urea groups is 1. The minimum absolute atomic E-state index is 0.00879. The first-order valence-corrected chi connectivity index (χ1v) is 17.9. The van der Waals surface area contributed by atoms with Crippen LogP contribution in [0.1, 0.15) is 61.6 Å². The minimum Gasteiger partial charge on any atom is -0.397 e. The molecule has 45 heavy (non-hydrogen) atoms. The third-order valence-electron chi connectivity index (χ3n) is 10.8. The summed E-state index contributed by atoms with van der Waals surface area (Å²) >= 11 is 7.99. The van der Waals surface area contributed by atoms with Gasteiger partial charge in [-0.2, -0.15) is 0 Å². The highest BCUT2D eigenvalue weighted by Gasteiger charge is 2.36. The van der Waals surface area contributed by atoms with Gasteiger partial charge in [-0.25, -0.2) is 4.79 Å². The zero-order chi connectivity index (χ0) is 31.7. The van der Waals surface area contributed by atoms with E-state index in [1.165, 1.54) is 12.8 Å². The lowest BCUT2D eigenvalue weighted by molar-refractivity contribution is -0.143. The van der Waals surface area contributed by atoms with Crippen molar-refractivity contribution in [3.05, 3.63) is 45.3 Å². The van der Waals surface area contributed by atoms with Crippen LogP contribution in [0, 0.1) is 24.7 Å². The summed E-state index contributed by atoms with van der Waals surface area (Å²) in [6.45, 7) is 7.54. The van der Waals surface area contributed by atoms with Crippen molar-refractivity contribution < 1.29 is 14.4 Å². The van der Waals surface area contributed by atoms with E-state index in [1.807, 2.05) is 39.1 Å². The van der Waals surface area contributed by atoms with Gasteiger partial charge in [0.05, 0.1) is 23.2 Å². The molecule has 11 heteroatoms. The first-order valence-electron chi connectivity index (χ1n) is 16.6. The summed E-state index contributed by atoms with van der Waals surface area (Å²) in [4.78, 5) is 48.9. The zero-order valence-corrected chi connectivity index (χ0v) is 28.2. The molecule has 1 aromatic heterocycles. The number of piperidine rings is 3. The van der Waals surface area contributed by atoms with Crippen LogP contribution in [0.3, 0.4) is 0 Å². The van der Waals surface area contributed by atoms with Crippen LogP contribution >= 0.6 is 22.9 Å². The second-order valence-electron chi connectivity index (χ2n) is 13.7. The van der Waals surface area contributed by atoms with Crippen LogP contribution in [0.2, 0.25) is 5.02 Å². The summed E-state index contributed by atoms with van der Waals surface area (Å²) in [5.41, 5.74) is 9.62. The van der Waals surface area contributed by atoms with Crippen LogP contribution in [0.15, 0.2) is 23.6 Å². The number of carbonyl (C=O) groups is 3. The molecule has 3 saturated heterocycles. The van der Waals surface area contributed by atoms with Gasteiger partial charge in [0.2, 0.25) is 11.8 Å². The summed E-state index contributed by atoms with van der Waals surface area (Å²) in [6, 6.07) is 5.93. The summed E-state index contributed by atoms with van der Waals surface area (Å²) in [5.74, 6) is 1.05. The Bertz CT molecular complexity index is 1370. The first-order chi connectivity index (χ1) is 21.7. The van der Waals surface area contributed by atoms with E-state index in [-0.39, 0.29) is 30.3 Å². The van der Waals surface area contributed by atoms with Crippen molar-refractivity contribution in [2.75, 3.05) is 57.4 Å². The number of carbonyl (C=O) groups excluding carboxylic acids is 3. The molecule has 2 aromatic rings. The molecule has 1 aromatic carbocycles. The van der Waals surface area contributed by atoms with Crippen LogP contribution in [0.4, 0.5) is 15.5 Å². The molecular formula is C34H47ClN6O3S. The second-order valence-corrected chi connectivity index (χ2v) is 15.0. The Hall–Kier alpha value is -2.82. The highest BCUT2D eigenvalue weighted by Crippen LogP contribution is 2.35. The van der Waals surface area contributed by atoms with E-state index >= 15 is 0 Å². The van der Waals surface area contributed by atoms with E-state index in [4.69, 9.17) is 17.3 Å². The molecule has 4 aliphatic heterocycles. The monoisotopic (exact) mass is 654 g/mol. The average molecular weight is 655 g/mol. The van der Waals surface area contributed by atoms with E-state index < -0.39 is 5.92 Å². The van der Waals surface area contributed by atoms with Gasteiger partial charge in [0, 0.05) is 44.2 Å². The number of nitrogens with one attached hydrogen (secondary N) is 1. The SMILES string of the molecule is Cc1cc(C[C@@H](CC(=O)N2CCC(N3Cc4ccsc4NC3=O)CC2)C(=O)N2CCC(C3CCN(C)CC3)CC2)cc(Cl)c1N. The Balaban J connectivity index is 1.09. The van der Waals surface area contributed by atoms with E-state index in [1.54, 1.807) is 11.3 Å². The Labute approximate surface area is 276 Å². The van der Waals surface area contributed by atoms with Gasteiger partial charge in [-0.1, -0.05) is 17.7 Å². The van der Waals surface area contributed by atoms with E-state index in [9.17, 15) is 14.4 Å². The molecule has 4 aliphatic rings. The highest BCUT2D eigenvalue weighted by atomic mass is 35.5. The van der Waals surface area contributed by atoms with E-state index in [0.717, 1.165) is 79.5 Å². The van der Waals surface area contributed by atoms with Crippen LogP contribution < -0.4 is 11.1 Å². The third-order valence-corrected chi connectivity index (χ3v) is 11.9. The van der Waals surface area contributed by atoms with Crippen molar-refractivity contribution in [1.82, 2.24) is 19.6 Å². The molecule has 9 nitrogen and oxygen atoms in total. The second kappa shape index (κ2) is 13.9. The quantitative estimate of drug-likeness (QED) is 0.386. The molecule has 3 fully saturated rings. The number of benzene rings is 1. The third kappa shape index (κ3) is 7.28. The molecule has 3 N–H and O–H groups in total. The maximum Gasteiger partial charge on any atom is 0.323 e. The fourth-order valence-corrected chi connectivity index (χ4v) is 8.97. The number of rotatable bonds is 7. The van der Waals surface area contributed by atoms with Crippen molar-refractivity contribution in [2.45, 2.75) is 70.9 Å². The molecule has 5 heterocycles. The van der Waals surface area contributed by atoms with Crippen LogP contribution in [-0.4, -0.2) is 89.8 Å². The molecule has 1 atom stereocenters. The van der Waals surface area contributed by atoms with Crippen LogP contribution in [0.25, 0.3) is 0 Å². The largest absolute Gasteiger partial charge is 0.397 e. The fourth-order valence-electron chi connectivity index (χ4n) is 7.88. The number of amides is 4. The molecule has 0 unspecified atom stereocenters. The molecule has 0 aliphatic carbocycles. The normalized spacial score (nSPS) is 21.5. The van der Waals surface area contributed by atoms with Crippen molar-refractivity contribution in [1.29, 1.82) is 0 Å². The molecule has 0 radical (unpaired) electrons. The van der Waals surface area contributed by atoms with Crippen LogP contribution in [-0.2, 0) is 22.6 Å². The van der Waals surface area contributed by atoms with E-state index in [0.29, 0.717) is 42.7 Å². The fraction of sp³-hybridized carbons (Fsp3) is 0.618. The average Bonchev–Trinajstić information content (AvgIpc) is 3.50. The Kier molecular flexibility index (Phi) is 9.92. The summed E-state index contributed by atoms with van der Waals surface area (Å²) in [7, 11) is 2.20. The standard InChI is InChI=1S/C34H47ClN6O3S/c1-22-17-23(19-29(35)31(22)36)18-27(33(43)40-12-5-25(6-13-40)24-3-10-38(2)11-4-24)20-30(42)39-14-7-28(8-15-39)41-21-26-9-16-45-32(26)37-34(41)44/h9,16-17,19,24-25,27-28H,3-8,10-15,18,20-21,36H2,1-2H3,(H,37,44)/t27-/m0/s1. The molecule has 244 valence electrons. The zero-order valence-electron chi connectivity index (χ0n) is 26.6. The summed E-state index contributed by atoms with van der Waals surface area (Å²) in [6.07, 6.45) is 6.66. The molecule has 0 spiro atoms. The minimum atomic E-state index is -0.459. The Morgan fingerprint density at radius 2 is 1.64 bits per heavy atom. The number of thiophene rings is 1. The number of hydrogen-bond donors (Lipinski definition) is 2. The summed E-state index contributed by atoms with van der Waals surface area (Å²) in [5, 5.41) is 6.44. The maximum atomic E-state index is 14.1. The Morgan fingerprint density at radius 3 is 2.31 bits per heavy atom. The van der Waals surface area contributed by atoms with Crippen molar-refractivity contribution >= 4 is 51.5 Å². The number of aryl methyl sites for hydroxylation is 1. The number of nitrogen functional groups attached to an aromatic ring is 1. The lowest BCUT2D eigenvalue weighted by Gasteiger charge is -2.41. The lowest BCUT2D eigenvalue weighted by atomic mass is 9.78. The smallest absolute Gasteiger partial charge is 0.323 e.